The number of nitrogens with zero attached hydrogens (tertiary/aromatic N) is 2. The highest BCUT2D eigenvalue weighted by molar-refractivity contribution is 5.94. The summed E-state index contributed by atoms with van der Waals surface area (Å²) in [6, 6.07) is 3.77. The number of hydrogen-bond acceptors (Lipinski definition) is 4. The molecule has 0 atom stereocenters. The average molecular weight is 262 g/mol. The Bertz CT molecular complexity index is 416. The second-order valence-corrected chi connectivity index (χ2v) is 4.79. The van der Waals surface area contributed by atoms with Gasteiger partial charge in [0.15, 0.2) is 5.82 Å². The molecule has 1 aromatic rings. The number of aromatic nitrogens is 1. The summed E-state index contributed by atoms with van der Waals surface area (Å²) in [6.45, 7) is 5.33. The summed E-state index contributed by atoms with van der Waals surface area (Å²) < 4.78 is 0. The van der Waals surface area contributed by atoms with Crippen molar-refractivity contribution in [2.75, 3.05) is 36.4 Å². The molecule has 0 bridgehead atoms. The van der Waals surface area contributed by atoms with E-state index in [4.69, 9.17) is 0 Å². The second-order valence-electron chi connectivity index (χ2n) is 4.79. The van der Waals surface area contributed by atoms with Gasteiger partial charge in [0.2, 0.25) is 5.91 Å². The molecule has 1 saturated heterocycles. The van der Waals surface area contributed by atoms with Crippen LogP contribution in [0.15, 0.2) is 18.3 Å². The quantitative estimate of drug-likeness (QED) is 0.765. The molecule has 5 heteroatoms. The van der Waals surface area contributed by atoms with Gasteiger partial charge in [-0.3, -0.25) is 4.79 Å². The predicted octanol–water partition coefficient (Wildman–Crippen LogP) is 1.62. The predicted molar refractivity (Wildman–Crippen MR) is 77.5 cm³/mol. The zero-order valence-electron chi connectivity index (χ0n) is 11.5. The van der Waals surface area contributed by atoms with Crippen molar-refractivity contribution in [2.24, 2.45) is 0 Å². The van der Waals surface area contributed by atoms with E-state index < -0.39 is 0 Å². The number of pyridine rings is 1. The number of rotatable bonds is 6. The number of nitrogens with one attached hydrogen (secondary N) is 2. The van der Waals surface area contributed by atoms with Gasteiger partial charge in [0, 0.05) is 19.3 Å². The summed E-state index contributed by atoms with van der Waals surface area (Å²) in [5.41, 5.74) is 0.813. The van der Waals surface area contributed by atoms with Crippen LogP contribution in [-0.2, 0) is 4.79 Å². The first-order chi connectivity index (χ1) is 9.31. The van der Waals surface area contributed by atoms with Crippen molar-refractivity contribution in [1.29, 1.82) is 0 Å². The zero-order valence-corrected chi connectivity index (χ0v) is 11.5. The van der Waals surface area contributed by atoms with Gasteiger partial charge in [-0.05, 0) is 37.9 Å². The van der Waals surface area contributed by atoms with E-state index in [0.717, 1.165) is 37.6 Å². The van der Waals surface area contributed by atoms with E-state index in [9.17, 15) is 4.79 Å². The molecule has 1 fully saturated rings. The lowest BCUT2D eigenvalue weighted by molar-refractivity contribution is -0.115. The van der Waals surface area contributed by atoms with E-state index in [1.165, 1.54) is 12.8 Å². The van der Waals surface area contributed by atoms with Crippen molar-refractivity contribution in [3.05, 3.63) is 18.3 Å². The molecule has 0 aromatic carbocycles. The molecule has 2 N–H and O–H groups in total. The van der Waals surface area contributed by atoms with Gasteiger partial charge in [-0.25, -0.2) is 4.98 Å². The van der Waals surface area contributed by atoms with Crippen LogP contribution in [0.1, 0.15) is 26.2 Å². The Morgan fingerprint density at radius 1 is 1.42 bits per heavy atom. The minimum Gasteiger partial charge on any atom is -0.355 e. The zero-order chi connectivity index (χ0) is 13.5. The molecule has 0 saturated carbocycles. The molecule has 1 amide bonds. The number of hydrogen-bond donors (Lipinski definition) is 2. The minimum absolute atomic E-state index is 0.0121. The third-order valence-electron chi connectivity index (χ3n) is 3.18. The van der Waals surface area contributed by atoms with Crippen LogP contribution in [0.3, 0.4) is 0 Å². The molecule has 104 valence electrons. The molecule has 1 aliphatic heterocycles. The molecule has 1 aliphatic rings. The number of anilines is 2. The fraction of sp³-hybridized carbons (Fsp3) is 0.571. The maximum absolute atomic E-state index is 11.8. The molecule has 5 nitrogen and oxygen atoms in total. The van der Waals surface area contributed by atoms with Gasteiger partial charge in [-0.2, -0.15) is 0 Å². The topological polar surface area (TPSA) is 57.3 Å². The maximum atomic E-state index is 11.8. The molecule has 0 aliphatic carbocycles. The van der Waals surface area contributed by atoms with Gasteiger partial charge in [-0.1, -0.05) is 6.92 Å². The van der Waals surface area contributed by atoms with E-state index in [2.05, 4.69) is 27.4 Å². The van der Waals surface area contributed by atoms with Crippen molar-refractivity contribution < 1.29 is 4.79 Å². The highest BCUT2D eigenvalue weighted by atomic mass is 16.1. The lowest BCUT2D eigenvalue weighted by atomic mass is 10.3. The number of carbonyl (C=O) groups is 1. The second kappa shape index (κ2) is 7.09. The molecule has 1 aromatic heterocycles. The first kappa shape index (κ1) is 13.8. The van der Waals surface area contributed by atoms with E-state index in [1.807, 2.05) is 12.1 Å². The van der Waals surface area contributed by atoms with Gasteiger partial charge in [0.05, 0.1) is 12.2 Å². The molecule has 0 unspecified atom stereocenters. The first-order valence-electron chi connectivity index (χ1n) is 7.02. The molecular formula is C14H22N4O. The van der Waals surface area contributed by atoms with Gasteiger partial charge in [0.25, 0.3) is 0 Å². The SMILES string of the molecule is CCCNCC(=O)Nc1cccnc1N1CCCC1. The van der Waals surface area contributed by atoms with Crippen LogP contribution in [-0.4, -0.2) is 37.1 Å². The Hall–Kier alpha value is -1.62. The van der Waals surface area contributed by atoms with Gasteiger partial charge in [-0.15, -0.1) is 0 Å². The summed E-state index contributed by atoms with van der Waals surface area (Å²) in [4.78, 5) is 18.5. The van der Waals surface area contributed by atoms with Crippen LogP contribution in [0.2, 0.25) is 0 Å². The van der Waals surface area contributed by atoms with Crippen LogP contribution >= 0.6 is 0 Å². The maximum Gasteiger partial charge on any atom is 0.238 e. The Labute approximate surface area is 114 Å². The lowest BCUT2D eigenvalue weighted by Gasteiger charge is -2.20. The van der Waals surface area contributed by atoms with Crippen LogP contribution in [0.4, 0.5) is 11.5 Å². The Morgan fingerprint density at radius 2 is 2.21 bits per heavy atom. The Morgan fingerprint density at radius 3 is 2.95 bits per heavy atom. The summed E-state index contributed by atoms with van der Waals surface area (Å²) in [5, 5.41) is 6.04. The minimum atomic E-state index is -0.0121. The smallest absolute Gasteiger partial charge is 0.238 e. The summed E-state index contributed by atoms with van der Waals surface area (Å²) >= 11 is 0. The van der Waals surface area contributed by atoms with Crippen molar-refractivity contribution in [3.8, 4) is 0 Å². The fourth-order valence-electron chi connectivity index (χ4n) is 2.25. The summed E-state index contributed by atoms with van der Waals surface area (Å²) in [6.07, 6.45) is 5.20. The average Bonchev–Trinajstić information content (AvgIpc) is 2.93. The van der Waals surface area contributed by atoms with Crippen LogP contribution in [0.5, 0.6) is 0 Å². The Balaban J connectivity index is 1.97. The van der Waals surface area contributed by atoms with E-state index in [0.29, 0.717) is 6.54 Å². The van der Waals surface area contributed by atoms with Crippen molar-refractivity contribution in [3.63, 3.8) is 0 Å². The number of amides is 1. The standard InChI is InChI=1S/C14H22N4O/c1-2-7-15-11-13(19)17-12-6-5-8-16-14(12)18-9-3-4-10-18/h5-6,8,15H,2-4,7,9-11H2,1H3,(H,17,19). The van der Waals surface area contributed by atoms with Crippen LogP contribution in [0, 0.1) is 0 Å². The summed E-state index contributed by atoms with van der Waals surface area (Å²) in [7, 11) is 0. The van der Waals surface area contributed by atoms with Crippen molar-refractivity contribution in [1.82, 2.24) is 10.3 Å². The van der Waals surface area contributed by atoms with Gasteiger partial charge in [0.1, 0.15) is 0 Å². The highest BCUT2D eigenvalue weighted by Gasteiger charge is 2.17. The third-order valence-corrected chi connectivity index (χ3v) is 3.18. The molecule has 0 spiro atoms. The first-order valence-corrected chi connectivity index (χ1v) is 7.02. The Kier molecular flexibility index (Phi) is 5.15. The van der Waals surface area contributed by atoms with Crippen molar-refractivity contribution in [2.45, 2.75) is 26.2 Å². The van der Waals surface area contributed by atoms with E-state index in [-0.39, 0.29) is 5.91 Å². The van der Waals surface area contributed by atoms with E-state index in [1.54, 1.807) is 6.20 Å². The van der Waals surface area contributed by atoms with Gasteiger partial charge < -0.3 is 15.5 Å². The molecule has 2 rings (SSSR count). The molecule has 0 radical (unpaired) electrons. The summed E-state index contributed by atoms with van der Waals surface area (Å²) in [5.74, 6) is 0.880. The molecular weight excluding hydrogens is 240 g/mol. The number of carbonyl (C=O) groups excluding carboxylic acids is 1. The van der Waals surface area contributed by atoms with Crippen molar-refractivity contribution >= 4 is 17.4 Å². The monoisotopic (exact) mass is 262 g/mol. The largest absolute Gasteiger partial charge is 0.355 e. The van der Waals surface area contributed by atoms with Crippen LogP contribution < -0.4 is 15.5 Å². The molecule has 19 heavy (non-hydrogen) atoms. The van der Waals surface area contributed by atoms with Gasteiger partial charge >= 0.3 is 0 Å². The fourth-order valence-corrected chi connectivity index (χ4v) is 2.25. The third kappa shape index (κ3) is 3.92. The van der Waals surface area contributed by atoms with Crippen LogP contribution in [0.25, 0.3) is 0 Å². The highest BCUT2D eigenvalue weighted by Crippen LogP contribution is 2.25. The normalized spacial score (nSPS) is 14.7. The lowest BCUT2D eigenvalue weighted by Crippen LogP contribution is -2.29. The molecule has 2 heterocycles. The van der Waals surface area contributed by atoms with E-state index >= 15 is 0 Å².